The Morgan fingerprint density at radius 2 is 1.36 bits per heavy atom. The molecule has 25 heavy (non-hydrogen) atoms. The van der Waals surface area contributed by atoms with E-state index in [1.54, 1.807) is 0 Å². The van der Waals surface area contributed by atoms with Crippen LogP contribution in [0, 0.1) is 5.92 Å². The summed E-state index contributed by atoms with van der Waals surface area (Å²) in [6.45, 7) is 8.77. The maximum atomic E-state index is 6.65. The molecule has 2 atom stereocenters. The van der Waals surface area contributed by atoms with Gasteiger partial charge in [-0.15, -0.1) is 0 Å². The second-order valence-corrected chi connectivity index (χ2v) is 10.9. The van der Waals surface area contributed by atoms with Gasteiger partial charge >= 0.3 is 14.5 Å². The van der Waals surface area contributed by atoms with Crippen LogP contribution in [0.5, 0.6) is 0 Å². The number of ether oxygens (including phenoxy) is 1. The molecule has 1 rings (SSSR count). The van der Waals surface area contributed by atoms with Crippen LogP contribution in [0.1, 0.15) is 104 Å². The third-order valence-corrected chi connectivity index (χ3v) is 8.71. The van der Waals surface area contributed by atoms with Crippen molar-refractivity contribution in [1.29, 1.82) is 0 Å². The molecule has 2 unspecified atom stereocenters. The van der Waals surface area contributed by atoms with Crippen LogP contribution in [-0.2, 0) is 8.53 Å². The third kappa shape index (κ3) is 12.5. The first-order chi connectivity index (χ1) is 12.3. The predicted molar refractivity (Wildman–Crippen MR) is 112 cm³/mol. The van der Waals surface area contributed by atoms with Crippen molar-refractivity contribution in [2.24, 2.45) is 5.92 Å². The van der Waals surface area contributed by atoms with Crippen molar-refractivity contribution < 1.29 is 8.53 Å². The van der Waals surface area contributed by atoms with Gasteiger partial charge in [-0.1, -0.05) is 101 Å². The Morgan fingerprint density at radius 1 is 0.840 bits per heavy atom. The van der Waals surface area contributed by atoms with Gasteiger partial charge in [0.2, 0.25) is 0 Å². The molecule has 1 heterocycles. The average molecular weight is 369 g/mol. The SMILES string of the molecule is CCCCCCC[CH2][Al]([CH2]CCCCCCC)[O]C(C)C1CCOC1. The van der Waals surface area contributed by atoms with E-state index in [0.29, 0.717) is 12.0 Å². The molecule has 0 aliphatic carbocycles. The van der Waals surface area contributed by atoms with E-state index in [-0.39, 0.29) is 0 Å². The van der Waals surface area contributed by atoms with Gasteiger partial charge in [0, 0.05) is 18.6 Å². The van der Waals surface area contributed by atoms with Crippen molar-refractivity contribution in [1.82, 2.24) is 0 Å². The molecule has 148 valence electrons. The smallest absolute Gasteiger partial charge is 0.460 e. The minimum absolute atomic E-state index is 0.430. The second kappa shape index (κ2) is 16.6. The molecule has 1 aliphatic heterocycles. The summed E-state index contributed by atoms with van der Waals surface area (Å²) in [5.74, 6) is 0.657. The molecule has 0 amide bonds. The predicted octanol–water partition coefficient (Wildman–Crippen LogP) is 7.14. The second-order valence-electron chi connectivity index (χ2n) is 8.20. The van der Waals surface area contributed by atoms with Gasteiger partial charge in [0.05, 0.1) is 6.61 Å². The maximum Gasteiger partial charge on any atom is 0.460 e. The van der Waals surface area contributed by atoms with Crippen molar-refractivity contribution >= 4 is 14.5 Å². The molecule has 2 nitrogen and oxygen atoms in total. The molecular weight excluding hydrogens is 323 g/mol. The molecule has 0 radical (unpaired) electrons. The van der Waals surface area contributed by atoms with Crippen molar-refractivity contribution in [3.05, 3.63) is 0 Å². The minimum atomic E-state index is -1.02. The van der Waals surface area contributed by atoms with Crippen LogP contribution in [0.25, 0.3) is 0 Å². The first kappa shape index (κ1) is 23.5. The lowest BCUT2D eigenvalue weighted by atomic mass is 10.0. The van der Waals surface area contributed by atoms with Gasteiger partial charge in [-0.05, 0) is 13.3 Å². The fourth-order valence-electron chi connectivity index (χ4n) is 3.92. The summed E-state index contributed by atoms with van der Waals surface area (Å²) in [4.78, 5) is 0. The van der Waals surface area contributed by atoms with Crippen LogP contribution >= 0.6 is 0 Å². The van der Waals surface area contributed by atoms with Gasteiger partial charge in [0.15, 0.2) is 0 Å². The van der Waals surface area contributed by atoms with Gasteiger partial charge < -0.3 is 8.53 Å². The van der Waals surface area contributed by atoms with Crippen LogP contribution in [0.15, 0.2) is 0 Å². The molecule has 0 aromatic carbocycles. The zero-order valence-electron chi connectivity index (χ0n) is 17.6. The first-order valence-corrected chi connectivity index (χ1v) is 13.6. The highest BCUT2D eigenvalue weighted by Crippen LogP contribution is 2.23. The molecule has 0 N–H and O–H groups in total. The van der Waals surface area contributed by atoms with Crippen LogP contribution in [0.3, 0.4) is 0 Å². The van der Waals surface area contributed by atoms with Crippen LogP contribution in [0.4, 0.5) is 0 Å². The third-order valence-electron chi connectivity index (χ3n) is 5.80. The molecule has 3 heteroatoms. The first-order valence-electron chi connectivity index (χ1n) is 11.5. The monoisotopic (exact) mass is 368 g/mol. The number of unbranched alkanes of at least 4 members (excludes halogenated alkanes) is 10. The Kier molecular flexibility index (Phi) is 15.6. The van der Waals surface area contributed by atoms with E-state index in [2.05, 4.69) is 20.8 Å². The van der Waals surface area contributed by atoms with E-state index in [4.69, 9.17) is 8.53 Å². The molecule has 1 saturated heterocycles. The number of hydrogen-bond acceptors (Lipinski definition) is 2. The Hall–Kier alpha value is 0.452. The van der Waals surface area contributed by atoms with Crippen LogP contribution < -0.4 is 0 Å². The summed E-state index contributed by atoms with van der Waals surface area (Å²) in [5, 5.41) is 2.80. The summed E-state index contributed by atoms with van der Waals surface area (Å²) in [5.41, 5.74) is 0. The molecule has 1 fully saturated rings. The topological polar surface area (TPSA) is 18.5 Å². The highest BCUT2D eigenvalue weighted by Gasteiger charge is 2.28. The normalized spacial score (nSPS) is 18.6. The zero-order chi connectivity index (χ0) is 18.2. The summed E-state index contributed by atoms with van der Waals surface area (Å²) < 4.78 is 12.2. The highest BCUT2D eigenvalue weighted by molar-refractivity contribution is 6.51. The zero-order valence-corrected chi connectivity index (χ0v) is 18.7. The Bertz CT molecular complexity index is 263. The van der Waals surface area contributed by atoms with E-state index < -0.39 is 14.5 Å². The molecular formula is C22H45AlO2. The van der Waals surface area contributed by atoms with Crippen molar-refractivity contribution in [2.75, 3.05) is 13.2 Å². The van der Waals surface area contributed by atoms with Gasteiger partial charge in [-0.3, -0.25) is 0 Å². The van der Waals surface area contributed by atoms with Crippen LogP contribution in [0.2, 0.25) is 10.6 Å². The van der Waals surface area contributed by atoms with Crippen molar-refractivity contribution in [3.8, 4) is 0 Å². The fraction of sp³-hybridized carbons (Fsp3) is 1.00. The van der Waals surface area contributed by atoms with E-state index in [9.17, 15) is 0 Å². The minimum Gasteiger partial charge on any atom is -0.498 e. The lowest BCUT2D eigenvalue weighted by molar-refractivity contribution is 0.121. The number of rotatable bonds is 17. The van der Waals surface area contributed by atoms with Crippen molar-refractivity contribution in [3.63, 3.8) is 0 Å². The summed E-state index contributed by atoms with van der Waals surface area (Å²) in [6, 6.07) is 0. The largest absolute Gasteiger partial charge is 0.498 e. The van der Waals surface area contributed by atoms with Gasteiger partial charge in [0.1, 0.15) is 0 Å². The Morgan fingerprint density at radius 3 is 1.84 bits per heavy atom. The number of hydrogen-bond donors (Lipinski definition) is 0. The van der Waals surface area contributed by atoms with Gasteiger partial charge in [0.25, 0.3) is 0 Å². The fourth-order valence-corrected chi connectivity index (χ4v) is 6.80. The highest BCUT2D eigenvalue weighted by atomic mass is 27.2. The molecule has 0 aromatic heterocycles. The van der Waals surface area contributed by atoms with Gasteiger partial charge in [-0.2, -0.15) is 0 Å². The molecule has 0 spiro atoms. The standard InChI is InChI=1S/2C8H17.C6H11O2.Al/c2*1-3-5-7-8-6-4-2;1-5(7)6-2-3-8-4-6;/h2*1,3-8H2,2H3;5-6H,2-4H2,1H3;/q;;-1;+1. The molecule has 0 bridgehead atoms. The van der Waals surface area contributed by atoms with Crippen LogP contribution in [-0.4, -0.2) is 33.8 Å². The Balaban J connectivity index is 2.22. The Labute approximate surface area is 163 Å². The summed E-state index contributed by atoms with van der Waals surface area (Å²) in [6.07, 6.45) is 18.5. The van der Waals surface area contributed by atoms with E-state index in [0.717, 1.165) is 13.2 Å². The molecule has 1 aliphatic rings. The summed E-state index contributed by atoms with van der Waals surface area (Å²) in [7, 11) is 0. The molecule has 0 saturated carbocycles. The quantitative estimate of drug-likeness (QED) is 0.201. The van der Waals surface area contributed by atoms with E-state index >= 15 is 0 Å². The maximum absolute atomic E-state index is 6.65. The lowest BCUT2D eigenvalue weighted by Crippen LogP contribution is -2.29. The lowest BCUT2D eigenvalue weighted by Gasteiger charge is -2.24. The van der Waals surface area contributed by atoms with Crippen molar-refractivity contribution in [2.45, 2.75) is 121 Å². The van der Waals surface area contributed by atoms with Gasteiger partial charge in [-0.25, -0.2) is 0 Å². The summed E-state index contributed by atoms with van der Waals surface area (Å²) >= 11 is -1.02. The average Bonchev–Trinajstić information content (AvgIpc) is 3.15. The molecule has 0 aromatic rings. The van der Waals surface area contributed by atoms with E-state index in [1.165, 1.54) is 94.0 Å². The van der Waals surface area contributed by atoms with E-state index in [1.807, 2.05) is 0 Å².